The van der Waals surface area contributed by atoms with Crippen LogP contribution >= 0.6 is 0 Å². The van der Waals surface area contributed by atoms with Crippen LogP contribution in [0.15, 0.2) is 48.5 Å². The Labute approximate surface area is 202 Å². The van der Waals surface area contributed by atoms with E-state index in [0.29, 0.717) is 55.8 Å². The summed E-state index contributed by atoms with van der Waals surface area (Å²) in [6.45, 7) is 9.47. The summed E-state index contributed by atoms with van der Waals surface area (Å²) in [5.41, 5.74) is 3.60. The molecule has 0 spiro atoms. The fourth-order valence-corrected chi connectivity index (χ4v) is 7.28. The minimum atomic E-state index is -0.388. The normalized spacial score (nSPS) is 35.0. The molecule has 0 radical (unpaired) electrons. The van der Waals surface area contributed by atoms with Crippen LogP contribution in [0.1, 0.15) is 43.4 Å². The summed E-state index contributed by atoms with van der Waals surface area (Å²) in [4.78, 5) is 18.6. The van der Waals surface area contributed by atoms with Crippen molar-refractivity contribution in [1.82, 2.24) is 9.80 Å². The number of likely N-dealkylation sites (tertiary alicyclic amines) is 1. The molecule has 34 heavy (non-hydrogen) atoms. The van der Waals surface area contributed by atoms with E-state index < -0.39 is 0 Å². The summed E-state index contributed by atoms with van der Waals surface area (Å²) in [5.74, 6) is 1.53. The molecule has 1 amide bonds. The molecule has 2 aromatic rings. The molecule has 180 valence electrons. The molecule has 1 N–H and O–H groups in total. The first kappa shape index (κ1) is 22.1. The number of phenols is 1. The minimum Gasteiger partial charge on any atom is -0.508 e. The summed E-state index contributed by atoms with van der Waals surface area (Å²) in [6.07, 6.45) is 3.05. The van der Waals surface area contributed by atoms with Crippen molar-refractivity contribution in [3.8, 4) is 5.75 Å². The molecule has 5 nitrogen and oxygen atoms in total. The third-order valence-electron chi connectivity index (χ3n) is 9.64. The third kappa shape index (κ3) is 3.31. The Bertz CT molecular complexity index is 1080. The van der Waals surface area contributed by atoms with Crippen LogP contribution < -0.4 is 0 Å². The van der Waals surface area contributed by atoms with Gasteiger partial charge < -0.3 is 14.7 Å². The summed E-state index contributed by atoms with van der Waals surface area (Å²) in [6, 6.07) is 16.9. The largest absolute Gasteiger partial charge is 0.508 e. The van der Waals surface area contributed by atoms with Gasteiger partial charge in [-0.1, -0.05) is 50.2 Å². The van der Waals surface area contributed by atoms with Crippen LogP contribution in [0.5, 0.6) is 5.75 Å². The molecule has 1 saturated carbocycles. The number of benzene rings is 2. The van der Waals surface area contributed by atoms with Crippen LogP contribution in [0.25, 0.3) is 0 Å². The molecule has 5 atom stereocenters. The number of piperidine rings is 1. The van der Waals surface area contributed by atoms with Gasteiger partial charge in [-0.3, -0.25) is 9.69 Å². The van der Waals surface area contributed by atoms with Gasteiger partial charge in [0.15, 0.2) is 0 Å². The number of rotatable bonds is 4. The van der Waals surface area contributed by atoms with Crippen molar-refractivity contribution in [3.63, 3.8) is 0 Å². The van der Waals surface area contributed by atoms with Gasteiger partial charge in [0.1, 0.15) is 5.75 Å². The molecule has 6 rings (SSSR count). The molecule has 2 aliphatic heterocycles. The van der Waals surface area contributed by atoms with E-state index in [1.807, 2.05) is 23.1 Å². The van der Waals surface area contributed by atoms with Crippen molar-refractivity contribution < 1.29 is 14.6 Å². The minimum absolute atomic E-state index is 0.0944. The number of hydrogen-bond acceptors (Lipinski definition) is 4. The Morgan fingerprint density at radius 1 is 1.12 bits per heavy atom. The summed E-state index contributed by atoms with van der Waals surface area (Å²) in [5, 5.41) is 10.1. The Morgan fingerprint density at radius 3 is 2.65 bits per heavy atom. The highest BCUT2D eigenvalue weighted by Crippen LogP contribution is 2.57. The average molecular weight is 461 g/mol. The lowest BCUT2D eigenvalue weighted by molar-refractivity contribution is -0.138. The highest BCUT2D eigenvalue weighted by Gasteiger charge is 2.63. The van der Waals surface area contributed by atoms with Gasteiger partial charge in [-0.25, -0.2) is 0 Å². The molecule has 1 unspecified atom stereocenters. The average Bonchev–Trinajstić information content (AvgIpc) is 3.59. The monoisotopic (exact) mass is 460 g/mol. The second-order valence-electron chi connectivity index (χ2n) is 11.2. The number of ether oxygens (including phenoxy) is 1. The van der Waals surface area contributed by atoms with Crippen molar-refractivity contribution in [1.29, 1.82) is 0 Å². The lowest BCUT2D eigenvalue weighted by Gasteiger charge is -2.55. The number of carbonyl (C=O) groups excluding carboxylic acids is 1. The highest BCUT2D eigenvalue weighted by molar-refractivity contribution is 5.92. The van der Waals surface area contributed by atoms with E-state index in [1.165, 1.54) is 16.7 Å². The van der Waals surface area contributed by atoms with Crippen molar-refractivity contribution in [3.05, 3.63) is 65.2 Å². The number of morpholine rings is 1. The Morgan fingerprint density at radius 2 is 1.88 bits per heavy atom. The number of nitrogens with zero attached hydrogens (tertiary/aromatic N) is 2. The quantitative estimate of drug-likeness (QED) is 0.756. The van der Waals surface area contributed by atoms with Gasteiger partial charge in [0, 0.05) is 25.7 Å². The number of amides is 1. The number of phenolic OH excluding ortho intramolecular Hbond substituents is 1. The molecule has 2 aromatic carbocycles. The Balaban J connectivity index is 1.27. The van der Waals surface area contributed by atoms with E-state index >= 15 is 0 Å². The predicted molar refractivity (Wildman–Crippen MR) is 132 cm³/mol. The first-order valence-corrected chi connectivity index (χ1v) is 12.9. The number of carbonyl (C=O) groups is 1. The molecule has 3 fully saturated rings. The zero-order chi connectivity index (χ0) is 23.5. The van der Waals surface area contributed by atoms with Crippen molar-refractivity contribution in [2.45, 2.75) is 50.0 Å². The molecule has 0 aromatic heterocycles. The molecular formula is C29H36N2O3. The van der Waals surface area contributed by atoms with Crippen molar-refractivity contribution >= 4 is 5.91 Å². The van der Waals surface area contributed by atoms with Crippen LogP contribution in [0.3, 0.4) is 0 Å². The second-order valence-corrected chi connectivity index (χ2v) is 11.2. The van der Waals surface area contributed by atoms with Gasteiger partial charge in [0.25, 0.3) is 0 Å². The van der Waals surface area contributed by atoms with Gasteiger partial charge in [0.2, 0.25) is 5.91 Å². The highest BCUT2D eigenvalue weighted by atomic mass is 16.5. The van der Waals surface area contributed by atoms with E-state index in [-0.39, 0.29) is 10.8 Å². The SMILES string of the molecule is C[C@H]1C2Cc3ccc(O)cc3[C@]1(C)CCN2C[C@@H]1C[C@@]1(C(=O)N1CCOCC1)c1ccccc1. The summed E-state index contributed by atoms with van der Waals surface area (Å²) >= 11 is 0. The molecule has 5 heteroatoms. The molecule has 4 aliphatic rings. The zero-order valence-corrected chi connectivity index (χ0v) is 20.4. The van der Waals surface area contributed by atoms with Gasteiger partial charge in [-0.05, 0) is 71.9 Å². The topological polar surface area (TPSA) is 53.0 Å². The maximum atomic E-state index is 13.9. The van der Waals surface area contributed by atoms with Crippen molar-refractivity contribution in [2.75, 3.05) is 39.4 Å². The van der Waals surface area contributed by atoms with Crippen LogP contribution in [-0.4, -0.2) is 66.2 Å². The van der Waals surface area contributed by atoms with Crippen LogP contribution in [0, 0.1) is 11.8 Å². The van der Waals surface area contributed by atoms with E-state index in [2.05, 4.69) is 49.1 Å². The lowest BCUT2D eigenvalue weighted by atomic mass is 9.59. The Kier molecular flexibility index (Phi) is 5.27. The van der Waals surface area contributed by atoms with Crippen LogP contribution in [-0.2, 0) is 26.8 Å². The summed E-state index contributed by atoms with van der Waals surface area (Å²) < 4.78 is 5.52. The second kappa shape index (κ2) is 8.10. The first-order valence-electron chi connectivity index (χ1n) is 12.9. The van der Waals surface area contributed by atoms with E-state index in [0.717, 1.165) is 32.4 Å². The maximum Gasteiger partial charge on any atom is 0.233 e. The number of hydrogen-bond donors (Lipinski definition) is 1. The molecule has 2 aliphatic carbocycles. The standard InChI is InChI=1S/C29H36N2O3/c1-20-26-16-21-8-9-24(32)17-25(21)28(20,2)10-11-31(26)19-23-18-29(23,22-6-4-3-5-7-22)27(33)30-12-14-34-15-13-30/h3-9,17,20,23,26,32H,10-16,18-19H2,1-2H3/t20-,23-,26?,28+,29+/m0/s1. The Hall–Kier alpha value is -2.37. The number of fused-ring (bicyclic) bond motifs is 4. The van der Waals surface area contributed by atoms with E-state index in [9.17, 15) is 9.90 Å². The van der Waals surface area contributed by atoms with Gasteiger partial charge >= 0.3 is 0 Å². The van der Waals surface area contributed by atoms with Crippen molar-refractivity contribution in [2.24, 2.45) is 11.8 Å². The molecular weight excluding hydrogens is 424 g/mol. The molecule has 2 heterocycles. The van der Waals surface area contributed by atoms with Crippen LogP contribution in [0.4, 0.5) is 0 Å². The predicted octanol–water partition coefficient (Wildman–Crippen LogP) is 3.73. The van der Waals surface area contributed by atoms with Gasteiger partial charge in [-0.2, -0.15) is 0 Å². The van der Waals surface area contributed by atoms with E-state index in [1.54, 1.807) is 0 Å². The fraction of sp³-hybridized carbons (Fsp3) is 0.552. The number of aromatic hydroxyl groups is 1. The van der Waals surface area contributed by atoms with Crippen LogP contribution in [0.2, 0.25) is 0 Å². The smallest absolute Gasteiger partial charge is 0.233 e. The lowest BCUT2D eigenvalue weighted by Crippen LogP contribution is -2.58. The fourth-order valence-electron chi connectivity index (χ4n) is 7.28. The molecule has 2 saturated heterocycles. The van der Waals surface area contributed by atoms with Gasteiger partial charge in [0.05, 0.1) is 18.6 Å². The third-order valence-corrected chi connectivity index (χ3v) is 9.64. The van der Waals surface area contributed by atoms with Gasteiger partial charge in [-0.15, -0.1) is 0 Å². The first-order chi connectivity index (χ1) is 16.4. The maximum absolute atomic E-state index is 13.9. The van der Waals surface area contributed by atoms with E-state index in [4.69, 9.17) is 4.74 Å². The summed E-state index contributed by atoms with van der Waals surface area (Å²) in [7, 11) is 0. The zero-order valence-electron chi connectivity index (χ0n) is 20.4. The molecule has 2 bridgehead atoms.